The molecule has 8 aromatic carbocycles. The summed E-state index contributed by atoms with van der Waals surface area (Å²) in [5.74, 6) is 0.633. The van der Waals surface area contributed by atoms with Gasteiger partial charge >= 0.3 is 0 Å². The standard InChI is InChI=1S/C45H30N2O/c1-2-14-37(15-3-1)47(38-26-22-32(23-27-38)36-21-20-31-10-4-5-12-35(31)30-36)39-28-24-34(25-29-39)41-17-9-19-43-44(41)48-45(46-43)42-18-8-13-33-11-6-7-16-40(33)42/h1-30H. The first-order valence-corrected chi connectivity index (χ1v) is 16.2. The quantitative estimate of drug-likeness (QED) is 0.187. The fourth-order valence-corrected chi connectivity index (χ4v) is 6.69. The van der Waals surface area contributed by atoms with Crippen LogP contribution < -0.4 is 4.90 Å². The Kier molecular flexibility index (Phi) is 6.80. The third-order valence-corrected chi connectivity index (χ3v) is 9.09. The smallest absolute Gasteiger partial charge is 0.227 e. The van der Waals surface area contributed by atoms with Crippen LogP contribution in [0.15, 0.2) is 186 Å². The summed E-state index contributed by atoms with van der Waals surface area (Å²) in [4.78, 5) is 7.21. The van der Waals surface area contributed by atoms with Gasteiger partial charge in [-0.2, -0.15) is 0 Å². The minimum Gasteiger partial charge on any atom is -0.435 e. The van der Waals surface area contributed by atoms with Crippen molar-refractivity contribution in [3.05, 3.63) is 182 Å². The Hall–Kier alpha value is -6.45. The van der Waals surface area contributed by atoms with Gasteiger partial charge in [0.05, 0.1) is 0 Å². The predicted molar refractivity (Wildman–Crippen MR) is 200 cm³/mol. The Morgan fingerprint density at radius 1 is 0.396 bits per heavy atom. The second kappa shape index (κ2) is 11.7. The fourth-order valence-electron chi connectivity index (χ4n) is 6.69. The van der Waals surface area contributed by atoms with Gasteiger partial charge in [0.1, 0.15) is 5.52 Å². The van der Waals surface area contributed by atoms with E-state index in [9.17, 15) is 0 Å². The molecule has 9 rings (SSSR count). The monoisotopic (exact) mass is 614 g/mol. The maximum absolute atomic E-state index is 6.51. The van der Waals surface area contributed by atoms with Gasteiger partial charge in [-0.25, -0.2) is 4.98 Å². The van der Waals surface area contributed by atoms with Gasteiger partial charge in [-0.15, -0.1) is 0 Å². The van der Waals surface area contributed by atoms with Crippen molar-refractivity contribution < 1.29 is 4.42 Å². The number of fused-ring (bicyclic) bond motifs is 3. The summed E-state index contributed by atoms with van der Waals surface area (Å²) in [5, 5.41) is 4.79. The Bertz CT molecular complexity index is 2540. The van der Waals surface area contributed by atoms with Crippen molar-refractivity contribution in [1.29, 1.82) is 0 Å². The topological polar surface area (TPSA) is 29.3 Å². The molecule has 0 spiro atoms. The lowest BCUT2D eigenvalue weighted by Gasteiger charge is -2.26. The Morgan fingerprint density at radius 2 is 0.979 bits per heavy atom. The van der Waals surface area contributed by atoms with Gasteiger partial charge in [-0.1, -0.05) is 127 Å². The molecule has 0 aliphatic carbocycles. The number of nitrogens with zero attached hydrogens (tertiary/aromatic N) is 2. The molecule has 3 heteroatoms. The van der Waals surface area contributed by atoms with Crippen molar-refractivity contribution in [1.82, 2.24) is 4.98 Å². The predicted octanol–water partition coefficient (Wildman–Crippen LogP) is 12.6. The number of oxazole rings is 1. The van der Waals surface area contributed by atoms with E-state index in [0.717, 1.165) is 50.2 Å². The summed E-state index contributed by atoms with van der Waals surface area (Å²) < 4.78 is 6.51. The lowest BCUT2D eigenvalue weighted by Crippen LogP contribution is -2.09. The van der Waals surface area contributed by atoms with E-state index in [0.29, 0.717) is 5.89 Å². The summed E-state index contributed by atoms with van der Waals surface area (Å²) in [6.07, 6.45) is 0. The van der Waals surface area contributed by atoms with E-state index in [1.54, 1.807) is 0 Å². The molecule has 0 aliphatic heterocycles. The lowest BCUT2D eigenvalue weighted by atomic mass is 10.0. The van der Waals surface area contributed by atoms with Crippen molar-refractivity contribution in [3.63, 3.8) is 0 Å². The van der Waals surface area contributed by atoms with Gasteiger partial charge in [0.25, 0.3) is 0 Å². The van der Waals surface area contributed by atoms with Crippen molar-refractivity contribution in [2.45, 2.75) is 0 Å². The SMILES string of the molecule is c1ccc(N(c2ccc(-c3ccc4ccccc4c3)cc2)c2ccc(-c3cccc4nc(-c5cccc6ccccc56)oc34)cc2)cc1. The molecular weight excluding hydrogens is 585 g/mol. The molecule has 1 heterocycles. The molecule has 0 N–H and O–H groups in total. The average molecular weight is 615 g/mol. The van der Waals surface area contributed by atoms with Crippen LogP contribution in [0.5, 0.6) is 0 Å². The highest BCUT2D eigenvalue weighted by Crippen LogP contribution is 2.39. The zero-order chi connectivity index (χ0) is 31.9. The maximum atomic E-state index is 6.51. The minimum atomic E-state index is 0.633. The van der Waals surface area contributed by atoms with Crippen molar-refractivity contribution in [3.8, 4) is 33.7 Å². The third kappa shape index (κ3) is 4.99. The van der Waals surface area contributed by atoms with Crippen molar-refractivity contribution in [2.24, 2.45) is 0 Å². The molecule has 0 bridgehead atoms. The second-order valence-electron chi connectivity index (χ2n) is 12.0. The highest BCUT2D eigenvalue weighted by molar-refractivity contribution is 5.98. The number of para-hydroxylation sites is 2. The van der Waals surface area contributed by atoms with E-state index >= 15 is 0 Å². The van der Waals surface area contributed by atoms with Gasteiger partial charge in [-0.05, 0) is 92.8 Å². The van der Waals surface area contributed by atoms with Crippen LogP contribution in [0.1, 0.15) is 0 Å². The van der Waals surface area contributed by atoms with Gasteiger partial charge in [0, 0.05) is 28.2 Å². The van der Waals surface area contributed by atoms with Crippen molar-refractivity contribution in [2.75, 3.05) is 4.90 Å². The van der Waals surface area contributed by atoms with E-state index in [-0.39, 0.29) is 0 Å². The Balaban J connectivity index is 1.07. The molecule has 0 saturated carbocycles. The van der Waals surface area contributed by atoms with E-state index < -0.39 is 0 Å². The molecule has 3 nitrogen and oxygen atoms in total. The number of benzene rings is 8. The Labute approximate surface area is 279 Å². The first-order chi connectivity index (χ1) is 23.8. The molecule has 0 unspecified atom stereocenters. The summed E-state index contributed by atoms with van der Waals surface area (Å²) in [6.45, 7) is 0. The largest absolute Gasteiger partial charge is 0.435 e. The zero-order valence-corrected chi connectivity index (χ0v) is 26.1. The highest BCUT2D eigenvalue weighted by Gasteiger charge is 2.17. The molecule has 0 saturated heterocycles. The molecule has 9 aromatic rings. The number of hydrogen-bond acceptors (Lipinski definition) is 3. The van der Waals surface area contributed by atoms with Crippen LogP contribution in [-0.4, -0.2) is 4.98 Å². The van der Waals surface area contributed by atoms with Gasteiger partial charge in [0.15, 0.2) is 5.58 Å². The molecule has 226 valence electrons. The summed E-state index contributed by atoms with van der Waals surface area (Å²) in [5.41, 5.74) is 10.4. The van der Waals surface area contributed by atoms with E-state index in [1.165, 1.54) is 27.3 Å². The van der Waals surface area contributed by atoms with E-state index in [1.807, 2.05) is 12.1 Å². The van der Waals surface area contributed by atoms with E-state index in [2.05, 4.69) is 175 Å². The summed E-state index contributed by atoms with van der Waals surface area (Å²) >= 11 is 0. The van der Waals surface area contributed by atoms with E-state index in [4.69, 9.17) is 9.40 Å². The number of aromatic nitrogens is 1. The second-order valence-corrected chi connectivity index (χ2v) is 12.0. The average Bonchev–Trinajstić information content (AvgIpc) is 3.60. The van der Waals surface area contributed by atoms with Crippen LogP contribution in [0.2, 0.25) is 0 Å². The third-order valence-electron chi connectivity index (χ3n) is 9.09. The normalized spacial score (nSPS) is 11.3. The minimum absolute atomic E-state index is 0.633. The van der Waals surface area contributed by atoms with Crippen LogP contribution in [0.3, 0.4) is 0 Å². The zero-order valence-electron chi connectivity index (χ0n) is 26.1. The number of rotatable bonds is 6. The molecule has 0 fully saturated rings. The van der Waals surface area contributed by atoms with Crippen LogP contribution in [0, 0.1) is 0 Å². The summed E-state index contributed by atoms with van der Waals surface area (Å²) in [7, 11) is 0. The summed E-state index contributed by atoms with van der Waals surface area (Å²) in [6, 6.07) is 64.0. The maximum Gasteiger partial charge on any atom is 0.227 e. The molecule has 0 radical (unpaired) electrons. The first kappa shape index (κ1) is 27.8. The lowest BCUT2D eigenvalue weighted by molar-refractivity contribution is 0.621. The van der Waals surface area contributed by atoms with Gasteiger partial charge in [0.2, 0.25) is 5.89 Å². The molecular formula is C45H30N2O. The molecule has 0 atom stereocenters. The Morgan fingerprint density at radius 3 is 1.77 bits per heavy atom. The number of hydrogen-bond donors (Lipinski definition) is 0. The molecule has 48 heavy (non-hydrogen) atoms. The van der Waals surface area contributed by atoms with Gasteiger partial charge in [-0.3, -0.25) is 0 Å². The molecule has 1 aromatic heterocycles. The van der Waals surface area contributed by atoms with Crippen LogP contribution in [0.4, 0.5) is 17.1 Å². The van der Waals surface area contributed by atoms with Crippen LogP contribution >= 0.6 is 0 Å². The van der Waals surface area contributed by atoms with Crippen LogP contribution in [0.25, 0.3) is 66.4 Å². The highest BCUT2D eigenvalue weighted by atomic mass is 16.3. The number of anilines is 3. The molecule has 0 amide bonds. The van der Waals surface area contributed by atoms with Gasteiger partial charge < -0.3 is 9.32 Å². The molecule has 0 aliphatic rings. The van der Waals surface area contributed by atoms with Crippen LogP contribution in [-0.2, 0) is 0 Å². The van der Waals surface area contributed by atoms with Crippen molar-refractivity contribution >= 4 is 49.7 Å². The first-order valence-electron chi connectivity index (χ1n) is 16.2. The fraction of sp³-hybridized carbons (Fsp3) is 0.